The Balaban J connectivity index is 1.81. The van der Waals surface area contributed by atoms with Crippen LogP contribution < -0.4 is 4.74 Å². The molecule has 0 bridgehead atoms. The highest BCUT2D eigenvalue weighted by Gasteiger charge is 2.46. The van der Waals surface area contributed by atoms with Gasteiger partial charge in [0.15, 0.2) is 5.76 Å². The number of hydrogen-bond acceptors (Lipinski definition) is 6. The highest BCUT2D eigenvalue weighted by atomic mass is 16.5. The van der Waals surface area contributed by atoms with Gasteiger partial charge in [0.2, 0.25) is 0 Å². The summed E-state index contributed by atoms with van der Waals surface area (Å²) >= 11 is 0. The summed E-state index contributed by atoms with van der Waals surface area (Å²) in [6.45, 7) is 11.7. The number of likely N-dealkylation sites (tertiary alicyclic amines) is 1. The van der Waals surface area contributed by atoms with Gasteiger partial charge in [-0.1, -0.05) is 39.0 Å². The molecule has 0 spiro atoms. The topological polar surface area (TPSA) is 87.4 Å². The van der Waals surface area contributed by atoms with Crippen LogP contribution in [-0.4, -0.2) is 68.8 Å². The van der Waals surface area contributed by atoms with Gasteiger partial charge in [0.1, 0.15) is 17.1 Å². The molecule has 1 saturated heterocycles. The smallest absolute Gasteiger partial charge is 0.295 e. The van der Waals surface area contributed by atoms with Crippen LogP contribution >= 0.6 is 0 Å². The van der Waals surface area contributed by atoms with Crippen molar-refractivity contribution in [3.63, 3.8) is 0 Å². The number of ether oxygens (including phenoxy) is 1. The van der Waals surface area contributed by atoms with E-state index in [1.165, 1.54) is 0 Å². The minimum absolute atomic E-state index is 0.0780. The molecule has 8 heteroatoms. The van der Waals surface area contributed by atoms with Crippen molar-refractivity contribution in [2.45, 2.75) is 46.6 Å². The Hall–Kier alpha value is -3.65. The molecule has 8 nitrogen and oxygen atoms in total. The van der Waals surface area contributed by atoms with E-state index >= 15 is 0 Å². The van der Waals surface area contributed by atoms with Gasteiger partial charge in [0.25, 0.3) is 11.7 Å². The average molecular weight is 505 g/mol. The molecule has 196 valence electrons. The highest BCUT2D eigenvalue weighted by Crippen LogP contribution is 2.40. The Morgan fingerprint density at radius 1 is 1.11 bits per heavy atom. The Labute approximate surface area is 218 Å². The predicted molar refractivity (Wildman–Crippen MR) is 144 cm³/mol. The number of nitrogens with zero attached hydrogens (tertiary/aromatic N) is 4. The summed E-state index contributed by atoms with van der Waals surface area (Å²) in [5.41, 5.74) is 2.45. The first kappa shape index (κ1) is 26.4. The number of fused-ring (bicyclic) bond motifs is 1. The van der Waals surface area contributed by atoms with E-state index in [1.54, 1.807) is 22.4 Å². The summed E-state index contributed by atoms with van der Waals surface area (Å²) in [4.78, 5) is 35.2. The molecule has 37 heavy (non-hydrogen) atoms. The minimum Gasteiger partial charge on any atom is -0.505 e. The van der Waals surface area contributed by atoms with Crippen molar-refractivity contribution >= 4 is 23.1 Å². The van der Waals surface area contributed by atoms with Gasteiger partial charge in [-0.25, -0.2) is 4.98 Å². The fraction of sp³-hybridized carbons (Fsp3) is 0.414. The van der Waals surface area contributed by atoms with Crippen molar-refractivity contribution in [2.24, 2.45) is 0 Å². The van der Waals surface area contributed by atoms with Crippen LogP contribution in [0.1, 0.15) is 56.6 Å². The van der Waals surface area contributed by atoms with Gasteiger partial charge in [-0.3, -0.25) is 14.0 Å². The average Bonchev–Trinajstić information content (AvgIpc) is 3.38. The molecular weight excluding hydrogens is 468 g/mol. The van der Waals surface area contributed by atoms with Crippen molar-refractivity contribution in [3.8, 4) is 5.75 Å². The van der Waals surface area contributed by atoms with E-state index in [9.17, 15) is 14.7 Å². The first-order valence-electron chi connectivity index (χ1n) is 13.1. The quantitative estimate of drug-likeness (QED) is 0.234. The summed E-state index contributed by atoms with van der Waals surface area (Å²) in [6.07, 6.45) is 3.37. The standard InChI is InChI=1S/C29H36N4O4/c1-5-18-37-22-13-10-12-21(19-22)26-24(27(34)25-20(4)30-23-14-8-9-16-32(23)25)28(35)29(36)33(26)17-11-15-31(6-2)7-3/h8-10,12-14,16,19,26,34H,5-7,11,15,17-18H2,1-4H3/b27-24+. The van der Waals surface area contributed by atoms with Gasteiger partial charge in [-0.15, -0.1) is 0 Å². The number of ketones is 1. The Morgan fingerprint density at radius 2 is 1.89 bits per heavy atom. The van der Waals surface area contributed by atoms with Crippen LogP contribution in [0.15, 0.2) is 54.2 Å². The number of amides is 1. The molecule has 2 aromatic heterocycles. The summed E-state index contributed by atoms with van der Waals surface area (Å²) in [7, 11) is 0. The SMILES string of the molecule is CCCOc1cccc(C2/C(=C(\O)c3c(C)nc4ccccn34)C(=O)C(=O)N2CCCN(CC)CC)c1. The fourth-order valence-electron chi connectivity index (χ4n) is 4.98. The van der Waals surface area contributed by atoms with Crippen LogP contribution in [0.5, 0.6) is 5.75 Å². The Morgan fingerprint density at radius 3 is 2.62 bits per heavy atom. The predicted octanol–water partition coefficient (Wildman–Crippen LogP) is 4.59. The van der Waals surface area contributed by atoms with E-state index < -0.39 is 17.7 Å². The van der Waals surface area contributed by atoms with E-state index in [0.29, 0.717) is 42.4 Å². The van der Waals surface area contributed by atoms with Crippen LogP contribution in [0.3, 0.4) is 0 Å². The van der Waals surface area contributed by atoms with Crippen molar-refractivity contribution in [2.75, 3.05) is 32.8 Å². The molecule has 0 radical (unpaired) electrons. The number of rotatable bonds is 11. The number of hydrogen-bond donors (Lipinski definition) is 1. The third-order valence-corrected chi connectivity index (χ3v) is 6.88. The molecule has 1 amide bonds. The van der Waals surface area contributed by atoms with Crippen molar-refractivity contribution in [3.05, 3.63) is 71.2 Å². The third-order valence-electron chi connectivity index (χ3n) is 6.88. The van der Waals surface area contributed by atoms with E-state index in [-0.39, 0.29) is 11.3 Å². The Kier molecular flexibility index (Phi) is 8.28. The fourth-order valence-corrected chi connectivity index (χ4v) is 4.98. The largest absolute Gasteiger partial charge is 0.505 e. The molecule has 3 heterocycles. The van der Waals surface area contributed by atoms with Gasteiger partial charge >= 0.3 is 0 Å². The number of Topliss-reactive ketones (excluding diaryl/α,β-unsaturated/α-hetero) is 1. The second kappa shape index (κ2) is 11.6. The number of imidazole rings is 1. The first-order valence-corrected chi connectivity index (χ1v) is 13.1. The zero-order valence-electron chi connectivity index (χ0n) is 22.1. The van der Waals surface area contributed by atoms with Crippen molar-refractivity contribution in [1.29, 1.82) is 0 Å². The van der Waals surface area contributed by atoms with Crippen LogP contribution in [0.4, 0.5) is 0 Å². The van der Waals surface area contributed by atoms with E-state index in [4.69, 9.17) is 4.74 Å². The van der Waals surface area contributed by atoms with Gasteiger partial charge in [-0.2, -0.15) is 0 Å². The molecule has 1 fully saturated rings. The number of pyridine rings is 1. The number of carbonyl (C=O) groups is 2. The minimum atomic E-state index is -0.726. The van der Waals surface area contributed by atoms with Crippen LogP contribution in [0.2, 0.25) is 0 Å². The molecule has 0 saturated carbocycles. The number of carbonyl (C=O) groups excluding carboxylic acids is 2. The Bertz CT molecular complexity index is 1310. The van der Waals surface area contributed by atoms with Gasteiger partial charge < -0.3 is 19.6 Å². The van der Waals surface area contributed by atoms with Crippen LogP contribution in [0.25, 0.3) is 11.4 Å². The van der Waals surface area contributed by atoms with E-state index in [0.717, 1.165) is 31.6 Å². The maximum absolute atomic E-state index is 13.5. The molecule has 1 atom stereocenters. The van der Waals surface area contributed by atoms with Crippen LogP contribution in [-0.2, 0) is 9.59 Å². The second-order valence-electron chi connectivity index (χ2n) is 9.27. The molecule has 1 aliphatic rings. The van der Waals surface area contributed by atoms with Crippen LogP contribution in [0, 0.1) is 6.92 Å². The first-order chi connectivity index (χ1) is 17.9. The monoisotopic (exact) mass is 504 g/mol. The molecule has 4 rings (SSSR count). The number of aromatic nitrogens is 2. The summed E-state index contributed by atoms with van der Waals surface area (Å²) in [6, 6.07) is 12.3. The normalized spacial score (nSPS) is 17.3. The molecule has 1 aliphatic heterocycles. The molecule has 1 N–H and O–H groups in total. The lowest BCUT2D eigenvalue weighted by Gasteiger charge is -2.27. The molecule has 3 aromatic rings. The van der Waals surface area contributed by atoms with E-state index in [2.05, 4.69) is 23.7 Å². The van der Waals surface area contributed by atoms with Gasteiger partial charge in [0, 0.05) is 12.7 Å². The van der Waals surface area contributed by atoms with Gasteiger partial charge in [0.05, 0.1) is 23.9 Å². The molecule has 0 aliphatic carbocycles. The van der Waals surface area contributed by atoms with Gasteiger partial charge in [-0.05, 0) is 69.2 Å². The highest BCUT2D eigenvalue weighted by molar-refractivity contribution is 6.46. The van der Waals surface area contributed by atoms with Crippen molar-refractivity contribution in [1.82, 2.24) is 19.2 Å². The number of benzene rings is 1. The second-order valence-corrected chi connectivity index (χ2v) is 9.27. The summed E-state index contributed by atoms with van der Waals surface area (Å²) in [5.74, 6) is -0.835. The molecular formula is C29H36N4O4. The number of aryl methyl sites for hydroxylation is 1. The third kappa shape index (κ3) is 5.25. The van der Waals surface area contributed by atoms with Crippen molar-refractivity contribution < 1.29 is 19.4 Å². The lowest BCUT2D eigenvalue weighted by atomic mass is 9.96. The zero-order valence-corrected chi connectivity index (χ0v) is 22.1. The maximum atomic E-state index is 13.5. The number of aliphatic hydroxyl groups excluding tert-OH is 1. The lowest BCUT2D eigenvalue weighted by molar-refractivity contribution is -0.140. The zero-order chi connectivity index (χ0) is 26.5. The maximum Gasteiger partial charge on any atom is 0.295 e. The molecule has 1 aromatic carbocycles. The molecule has 1 unspecified atom stereocenters. The summed E-state index contributed by atoms with van der Waals surface area (Å²) < 4.78 is 7.59. The number of aliphatic hydroxyl groups is 1. The summed E-state index contributed by atoms with van der Waals surface area (Å²) in [5, 5.41) is 11.6. The van der Waals surface area contributed by atoms with E-state index in [1.807, 2.05) is 49.4 Å². The lowest BCUT2D eigenvalue weighted by Crippen LogP contribution is -2.33.